The number of carbonyl (C=O) groups excluding carboxylic acids is 1. The number of pyridine rings is 1. The average Bonchev–Trinajstić information content (AvgIpc) is 2.44. The Morgan fingerprint density at radius 3 is 2.60 bits per heavy atom. The maximum Gasteiger partial charge on any atom is 0.266 e. The number of nitrogens with two attached hydrogens (primary N) is 1. The van der Waals surface area contributed by atoms with E-state index in [0.29, 0.717) is 18.3 Å². The van der Waals surface area contributed by atoms with Gasteiger partial charge >= 0.3 is 0 Å². The molecule has 2 atom stereocenters. The van der Waals surface area contributed by atoms with Gasteiger partial charge in [-0.15, -0.1) is 0 Å². The van der Waals surface area contributed by atoms with Crippen molar-refractivity contribution in [3.8, 4) is 0 Å². The Kier molecular flexibility index (Phi) is 5.09. The maximum atomic E-state index is 11.3. The molecule has 0 aliphatic heterocycles. The maximum absolute atomic E-state index is 11.3. The van der Waals surface area contributed by atoms with Crippen LogP contribution in [0.15, 0.2) is 18.3 Å². The number of nitrogen functional groups attached to an aromatic ring is 1. The van der Waals surface area contributed by atoms with Gasteiger partial charge in [-0.2, -0.15) is 0 Å². The van der Waals surface area contributed by atoms with Crippen molar-refractivity contribution in [1.82, 2.24) is 10.4 Å². The fraction of sp³-hybridized carbons (Fsp3) is 0.600. The molecule has 1 fully saturated rings. The van der Waals surface area contributed by atoms with Crippen molar-refractivity contribution in [1.29, 1.82) is 0 Å². The zero-order chi connectivity index (χ0) is 14.5. The predicted octanol–water partition coefficient (Wildman–Crippen LogP) is 2.03. The molecule has 1 aliphatic rings. The van der Waals surface area contributed by atoms with Crippen LogP contribution in [-0.2, 0) is 11.3 Å². The Bertz CT molecular complexity index is 437. The van der Waals surface area contributed by atoms with Gasteiger partial charge in [-0.3, -0.25) is 15.2 Å². The second kappa shape index (κ2) is 6.81. The second-order valence-corrected chi connectivity index (χ2v) is 5.86. The second-order valence-electron chi connectivity index (χ2n) is 5.86. The van der Waals surface area contributed by atoms with Crippen molar-refractivity contribution < 1.29 is 9.53 Å². The van der Waals surface area contributed by atoms with Gasteiger partial charge in [0.25, 0.3) is 5.91 Å². The zero-order valence-corrected chi connectivity index (χ0v) is 12.1. The minimum absolute atomic E-state index is 0.322. The van der Waals surface area contributed by atoms with Gasteiger partial charge in [-0.05, 0) is 43.2 Å². The van der Waals surface area contributed by atoms with Crippen LogP contribution in [0, 0.1) is 11.8 Å². The molecule has 1 aromatic rings. The summed E-state index contributed by atoms with van der Waals surface area (Å²) in [6, 6.07) is 3.51. The largest absolute Gasteiger partial charge is 0.372 e. The fourth-order valence-electron chi connectivity index (χ4n) is 2.94. The van der Waals surface area contributed by atoms with E-state index in [4.69, 9.17) is 10.6 Å². The third-order valence-corrected chi connectivity index (χ3v) is 3.82. The van der Waals surface area contributed by atoms with E-state index in [1.54, 1.807) is 12.1 Å². The number of carbonyl (C=O) groups is 1. The Labute approximate surface area is 119 Å². The van der Waals surface area contributed by atoms with E-state index >= 15 is 0 Å². The van der Waals surface area contributed by atoms with E-state index in [1.807, 2.05) is 0 Å². The Morgan fingerprint density at radius 2 is 2.05 bits per heavy atom. The van der Waals surface area contributed by atoms with Gasteiger partial charge in [-0.25, -0.2) is 5.84 Å². The molecule has 1 saturated carbocycles. The van der Waals surface area contributed by atoms with Crippen molar-refractivity contribution >= 4 is 5.91 Å². The van der Waals surface area contributed by atoms with E-state index in [0.717, 1.165) is 30.4 Å². The van der Waals surface area contributed by atoms with Crippen LogP contribution in [0.2, 0.25) is 0 Å². The van der Waals surface area contributed by atoms with Gasteiger partial charge in [0.15, 0.2) is 0 Å². The van der Waals surface area contributed by atoms with Crippen molar-refractivity contribution in [3.05, 3.63) is 29.6 Å². The zero-order valence-electron chi connectivity index (χ0n) is 12.1. The smallest absolute Gasteiger partial charge is 0.266 e. The van der Waals surface area contributed by atoms with E-state index in [1.165, 1.54) is 12.6 Å². The minimum atomic E-state index is -0.333. The first-order valence-electron chi connectivity index (χ1n) is 7.16. The highest BCUT2D eigenvalue weighted by atomic mass is 16.5. The van der Waals surface area contributed by atoms with Gasteiger partial charge in [0.2, 0.25) is 0 Å². The lowest BCUT2D eigenvalue weighted by Gasteiger charge is -2.31. The van der Waals surface area contributed by atoms with Crippen LogP contribution in [-0.4, -0.2) is 17.0 Å². The number of rotatable bonds is 4. The van der Waals surface area contributed by atoms with Gasteiger partial charge in [-0.1, -0.05) is 13.8 Å². The predicted molar refractivity (Wildman–Crippen MR) is 76.6 cm³/mol. The fourth-order valence-corrected chi connectivity index (χ4v) is 2.94. The highest BCUT2D eigenvalue weighted by Gasteiger charge is 2.24. The average molecular weight is 277 g/mol. The molecule has 2 unspecified atom stereocenters. The van der Waals surface area contributed by atoms with E-state index in [-0.39, 0.29) is 5.91 Å². The Balaban J connectivity index is 1.86. The van der Waals surface area contributed by atoms with E-state index in [2.05, 4.69) is 24.3 Å². The molecular weight excluding hydrogens is 254 g/mol. The Hall–Kier alpha value is -1.46. The monoisotopic (exact) mass is 277 g/mol. The molecule has 0 spiro atoms. The SMILES string of the molecule is CC1CC(C)CC(OCc2ccc(C(=O)NN)cn2)C1. The molecule has 5 nitrogen and oxygen atoms in total. The molecule has 0 bridgehead atoms. The van der Waals surface area contributed by atoms with Crippen molar-refractivity contribution in [2.75, 3.05) is 0 Å². The van der Waals surface area contributed by atoms with Gasteiger partial charge in [0, 0.05) is 6.20 Å². The lowest BCUT2D eigenvalue weighted by atomic mass is 9.82. The minimum Gasteiger partial charge on any atom is -0.372 e. The molecule has 1 aliphatic carbocycles. The summed E-state index contributed by atoms with van der Waals surface area (Å²) in [5, 5.41) is 0. The van der Waals surface area contributed by atoms with Crippen LogP contribution in [0.1, 0.15) is 49.2 Å². The molecule has 1 heterocycles. The van der Waals surface area contributed by atoms with Crippen molar-refractivity contribution in [3.63, 3.8) is 0 Å². The highest BCUT2D eigenvalue weighted by Crippen LogP contribution is 2.30. The molecule has 1 amide bonds. The van der Waals surface area contributed by atoms with Crippen LogP contribution < -0.4 is 11.3 Å². The molecule has 3 N–H and O–H groups in total. The first-order chi connectivity index (χ1) is 9.58. The molecule has 110 valence electrons. The highest BCUT2D eigenvalue weighted by molar-refractivity contribution is 5.93. The number of aromatic nitrogens is 1. The quantitative estimate of drug-likeness (QED) is 0.501. The molecule has 20 heavy (non-hydrogen) atoms. The number of nitrogens with zero attached hydrogens (tertiary/aromatic N) is 1. The molecule has 0 aromatic carbocycles. The first-order valence-corrected chi connectivity index (χ1v) is 7.16. The van der Waals surface area contributed by atoms with Gasteiger partial charge in [0.05, 0.1) is 24.0 Å². The number of amides is 1. The molecule has 0 radical (unpaired) electrons. The van der Waals surface area contributed by atoms with Crippen LogP contribution >= 0.6 is 0 Å². The van der Waals surface area contributed by atoms with Crippen LogP contribution in [0.25, 0.3) is 0 Å². The molecule has 5 heteroatoms. The number of hydrogen-bond acceptors (Lipinski definition) is 4. The number of hydrogen-bond donors (Lipinski definition) is 2. The summed E-state index contributed by atoms with van der Waals surface area (Å²) in [6.07, 6.45) is 5.38. The molecule has 2 rings (SSSR count). The van der Waals surface area contributed by atoms with Crippen LogP contribution in [0.3, 0.4) is 0 Å². The van der Waals surface area contributed by atoms with Crippen molar-refractivity contribution in [2.24, 2.45) is 17.7 Å². The van der Waals surface area contributed by atoms with Gasteiger partial charge < -0.3 is 4.74 Å². The lowest BCUT2D eigenvalue weighted by molar-refractivity contribution is -0.0105. The summed E-state index contributed by atoms with van der Waals surface area (Å²) in [4.78, 5) is 15.5. The molecule has 1 aromatic heterocycles. The lowest BCUT2D eigenvalue weighted by Crippen LogP contribution is -2.30. The van der Waals surface area contributed by atoms with Crippen LogP contribution in [0.4, 0.5) is 0 Å². The third kappa shape index (κ3) is 4.02. The van der Waals surface area contributed by atoms with Crippen LogP contribution in [0.5, 0.6) is 0 Å². The normalized spacial score (nSPS) is 26.2. The number of ether oxygens (including phenoxy) is 1. The summed E-state index contributed by atoms with van der Waals surface area (Å²) >= 11 is 0. The van der Waals surface area contributed by atoms with Gasteiger partial charge in [0.1, 0.15) is 0 Å². The summed E-state index contributed by atoms with van der Waals surface area (Å²) in [6.45, 7) is 5.06. The summed E-state index contributed by atoms with van der Waals surface area (Å²) in [5.74, 6) is 6.20. The van der Waals surface area contributed by atoms with E-state index in [9.17, 15) is 4.79 Å². The Morgan fingerprint density at radius 1 is 1.35 bits per heavy atom. The first kappa shape index (κ1) is 14.9. The third-order valence-electron chi connectivity index (χ3n) is 3.82. The summed E-state index contributed by atoms with van der Waals surface area (Å²) < 4.78 is 5.95. The molecular formula is C15H23N3O2. The summed E-state index contributed by atoms with van der Waals surface area (Å²) in [5.41, 5.74) is 3.38. The summed E-state index contributed by atoms with van der Waals surface area (Å²) in [7, 11) is 0. The number of hydrazine groups is 1. The van der Waals surface area contributed by atoms with E-state index < -0.39 is 0 Å². The topological polar surface area (TPSA) is 77.2 Å². The number of nitrogens with one attached hydrogen (secondary N) is 1. The molecule has 0 saturated heterocycles. The van der Waals surface area contributed by atoms with Crippen molar-refractivity contribution in [2.45, 2.75) is 45.8 Å². The standard InChI is InChI=1S/C15H23N3O2/c1-10-5-11(2)7-14(6-10)20-9-13-4-3-12(8-17-13)15(19)18-16/h3-4,8,10-11,14H,5-7,9,16H2,1-2H3,(H,18,19).